The first-order valence-electron chi connectivity index (χ1n) is 9.18. The number of benzene rings is 1. The number of rotatable bonds is 4. The van der Waals surface area contributed by atoms with Crippen molar-refractivity contribution in [2.45, 2.75) is 38.1 Å². The van der Waals surface area contributed by atoms with Gasteiger partial charge < -0.3 is 20.6 Å². The van der Waals surface area contributed by atoms with Crippen molar-refractivity contribution in [2.24, 2.45) is 11.3 Å². The van der Waals surface area contributed by atoms with Gasteiger partial charge in [0.15, 0.2) is 0 Å². The van der Waals surface area contributed by atoms with Crippen molar-refractivity contribution in [2.75, 3.05) is 18.4 Å². The third-order valence-corrected chi connectivity index (χ3v) is 5.86. The molecule has 2 aliphatic carbocycles. The van der Waals surface area contributed by atoms with Crippen LogP contribution in [0.2, 0.25) is 0 Å². The molecule has 26 heavy (non-hydrogen) atoms. The van der Waals surface area contributed by atoms with E-state index in [0.717, 1.165) is 25.7 Å². The highest BCUT2D eigenvalue weighted by atomic mass is 16.4. The van der Waals surface area contributed by atoms with Gasteiger partial charge in [-0.2, -0.15) is 0 Å². The number of nitrogens with one attached hydrogen (secondary N) is 2. The summed E-state index contributed by atoms with van der Waals surface area (Å²) in [5, 5.41) is 15.3. The minimum atomic E-state index is -0.789. The smallest absolute Gasteiger partial charge is 0.319 e. The van der Waals surface area contributed by atoms with Crippen LogP contribution in [0.25, 0.3) is 0 Å². The number of amides is 3. The van der Waals surface area contributed by atoms with Crippen molar-refractivity contribution in [3.05, 3.63) is 29.8 Å². The average molecular weight is 357 g/mol. The minimum Gasteiger partial charge on any atom is -0.481 e. The summed E-state index contributed by atoms with van der Waals surface area (Å²) in [6.07, 6.45) is 4.42. The van der Waals surface area contributed by atoms with Crippen LogP contribution in [0.4, 0.5) is 10.5 Å². The van der Waals surface area contributed by atoms with Crippen LogP contribution in [-0.2, 0) is 4.79 Å². The van der Waals surface area contributed by atoms with Crippen LogP contribution in [-0.4, -0.2) is 47.0 Å². The maximum absolute atomic E-state index is 12.9. The lowest BCUT2D eigenvalue weighted by atomic mass is 9.81. The molecule has 1 aromatic carbocycles. The van der Waals surface area contributed by atoms with Crippen molar-refractivity contribution in [1.82, 2.24) is 10.2 Å². The maximum Gasteiger partial charge on any atom is 0.319 e. The van der Waals surface area contributed by atoms with Gasteiger partial charge in [-0.05, 0) is 49.8 Å². The molecule has 0 bridgehead atoms. The highest BCUT2D eigenvalue weighted by Crippen LogP contribution is 2.49. The van der Waals surface area contributed by atoms with Crippen LogP contribution in [0.5, 0.6) is 0 Å². The van der Waals surface area contributed by atoms with Crippen LogP contribution in [0.3, 0.4) is 0 Å². The van der Waals surface area contributed by atoms with E-state index < -0.39 is 11.4 Å². The number of urea groups is 1. The second-order valence-electron chi connectivity index (χ2n) is 7.69. The molecule has 2 saturated carbocycles. The molecule has 0 aromatic heterocycles. The summed E-state index contributed by atoms with van der Waals surface area (Å²) < 4.78 is 0. The van der Waals surface area contributed by atoms with Gasteiger partial charge >= 0.3 is 12.0 Å². The summed E-state index contributed by atoms with van der Waals surface area (Å²) in [5.41, 5.74) is 0.242. The zero-order valence-corrected chi connectivity index (χ0v) is 14.5. The lowest BCUT2D eigenvalue weighted by Gasteiger charge is -2.23. The predicted molar refractivity (Wildman–Crippen MR) is 94.9 cm³/mol. The van der Waals surface area contributed by atoms with E-state index in [4.69, 9.17) is 0 Å². The molecule has 1 saturated heterocycles. The molecule has 0 spiro atoms. The van der Waals surface area contributed by atoms with Crippen molar-refractivity contribution in [1.29, 1.82) is 0 Å². The van der Waals surface area contributed by atoms with Gasteiger partial charge in [-0.1, -0.05) is 12.5 Å². The first kappa shape index (κ1) is 16.9. The van der Waals surface area contributed by atoms with Crippen molar-refractivity contribution in [3.63, 3.8) is 0 Å². The second-order valence-corrected chi connectivity index (χ2v) is 7.69. The minimum absolute atomic E-state index is 0.0366. The van der Waals surface area contributed by atoms with E-state index in [1.54, 1.807) is 29.2 Å². The van der Waals surface area contributed by atoms with Gasteiger partial charge in [0.25, 0.3) is 5.91 Å². The summed E-state index contributed by atoms with van der Waals surface area (Å²) >= 11 is 0. The summed E-state index contributed by atoms with van der Waals surface area (Å²) in [6.45, 7) is 0.761. The number of hydrogen-bond acceptors (Lipinski definition) is 3. The number of hydrogen-bond donors (Lipinski definition) is 3. The number of anilines is 1. The lowest BCUT2D eigenvalue weighted by Crippen LogP contribution is -2.37. The molecule has 1 heterocycles. The van der Waals surface area contributed by atoms with Gasteiger partial charge in [0.2, 0.25) is 0 Å². The molecule has 3 amide bonds. The standard InChI is InChI=1S/C19H23N3O4/c23-16(22-10-13-4-2-8-19(13,11-22)17(24)25)12-3-1-5-15(9-12)21-18(26)20-14-6-7-14/h1,3,5,9,13-14H,2,4,6-8,10-11H2,(H,24,25)(H2,20,21,26)/t13-,19+/m0/s1. The third kappa shape index (κ3) is 3.02. The molecule has 1 aliphatic heterocycles. The largest absolute Gasteiger partial charge is 0.481 e. The lowest BCUT2D eigenvalue weighted by molar-refractivity contribution is -0.149. The molecule has 0 radical (unpaired) electrons. The fourth-order valence-corrected chi connectivity index (χ4v) is 4.29. The predicted octanol–water partition coefficient (Wildman–Crippen LogP) is 2.30. The number of likely N-dealkylation sites (tertiary alicyclic amines) is 1. The Kier molecular flexibility index (Phi) is 4.09. The number of nitrogens with zero attached hydrogens (tertiary/aromatic N) is 1. The summed E-state index contributed by atoms with van der Waals surface area (Å²) in [7, 11) is 0. The fraction of sp³-hybridized carbons (Fsp3) is 0.526. The number of carbonyl (C=O) groups is 3. The molecular formula is C19H23N3O4. The van der Waals surface area contributed by atoms with Gasteiger partial charge in [0.05, 0.1) is 5.41 Å². The quantitative estimate of drug-likeness (QED) is 0.770. The molecule has 4 rings (SSSR count). The van der Waals surface area contributed by atoms with E-state index in [0.29, 0.717) is 24.2 Å². The SMILES string of the molecule is O=C(Nc1cccc(C(=O)N2C[C@@H]3CCC[C@@]3(C(=O)O)C2)c1)NC1CC1. The van der Waals surface area contributed by atoms with Gasteiger partial charge in [0, 0.05) is 30.4 Å². The summed E-state index contributed by atoms with van der Waals surface area (Å²) in [6, 6.07) is 6.81. The number of fused-ring (bicyclic) bond motifs is 1. The van der Waals surface area contributed by atoms with Gasteiger partial charge in [-0.25, -0.2) is 4.79 Å². The van der Waals surface area contributed by atoms with E-state index >= 15 is 0 Å². The summed E-state index contributed by atoms with van der Waals surface area (Å²) in [4.78, 5) is 38.2. The first-order chi connectivity index (χ1) is 12.5. The van der Waals surface area contributed by atoms with E-state index in [2.05, 4.69) is 10.6 Å². The van der Waals surface area contributed by atoms with Gasteiger partial charge in [0.1, 0.15) is 0 Å². The Morgan fingerprint density at radius 1 is 1.19 bits per heavy atom. The van der Waals surface area contributed by atoms with E-state index in [-0.39, 0.29) is 30.4 Å². The molecule has 0 unspecified atom stereocenters. The number of carboxylic acids is 1. The second kappa shape index (κ2) is 6.30. The molecule has 1 aromatic rings. The Morgan fingerprint density at radius 2 is 2.00 bits per heavy atom. The highest BCUT2D eigenvalue weighted by molar-refractivity contribution is 5.97. The van der Waals surface area contributed by atoms with Crippen LogP contribution >= 0.6 is 0 Å². The van der Waals surface area contributed by atoms with Crippen molar-refractivity contribution >= 4 is 23.6 Å². The first-order valence-corrected chi connectivity index (χ1v) is 9.18. The molecular weight excluding hydrogens is 334 g/mol. The zero-order chi connectivity index (χ0) is 18.3. The Bertz CT molecular complexity index is 761. The normalized spacial score (nSPS) is 27.1. The van der Waals surface area contributed by atoms with E-state index in [1.807, 2.05) is 0 Å². The molecule has 7 nitrogen and oxygen atoms in total. The van der Waals surface area contributed by atoms with E-state index in [1.165, 1.54) is 0 Å². The molecule has 138 valence electrons. The molecule has 3 N–H and O–H groups in total. The van der Waals surface area contributed by atoms with Crippen molar-refractivity contribution < 1.29 is 19.5 Å². The zero-order valence-electron chi connectivity index (χ0n) is 14.5. The third-order valence-electron chi connectivity index (χ3n) is 5.86. The topological polar surface area (TPSA) is 98.7 Å². The van der Waals surface area contributed by atoms with Crippen LogP contribution in [0.15, 0.2) is 24.3 Å². The Balaban J connectivity index is 1.46. The number of carboxylic acid groups (broad SMARTS) is 1. The van der Waals surface area contributed by atoms with Crippen LogP contribution in [0.1, 0.15) is 42.5 Å². The van der Waals surface area contributed by atoms with Crippen LogP contribution < -0.4 is 10.6 Å². The van der Waals surface area contributed by atoms with Crippen LogP contribution in [0, 0.1) is 11.3 Å². The number of aliphatic carboxylic acids is 1. The van der Waals surface area contributed by atoms with Crippen molar-refractivity contribution in [3.8, 4) is 0 Å². The van der Waals surface area contributed by atoms with Gasteiger partial charge in [-0.3, -0.25) is 9.59 Å². The monoisotopic (exact) mass is 357 g/mol. The molecule has 2 atom stereocenters. The molecule has 7 heteroatoms. The maximum atomic E-state index is 12.9. The Hall–Kier alpha value is -2.57. The highest BCUT2D eigenvalue weighted by Gasteiger charge is 2.55. The number of carbonyl (C=O) groups excluding carboxylic acids is 2. The fourth-order valence-electron chi connectivity index (χ4n) is 4.29. The molecule has 3 fully saturated rings. The summed E-state index contributed by atoms with van der Waals surface area (Å²) in [5.74, 6) is -0.927. The average Bonchev–Trinajstić information content (AvgIpc) is 3.18. The Labute approximate surface area is 151 Å². The van der Waals surface area contributed by atoms with Gasteiger partial charge in [-0.15, -0.1) is 0 Å². The Morgan fingerprint density at radius 3 is 2.69 bits per heavy atom. The molecule has 3 aliphatic rings. The van der Waals surface area contributed by atoms with E-state index in [9.17, 15) is 19.5 Å².